The largest absolute Gasteiger partial charge is 0.399 e. The van der Waals surface area contributed by atoms with E-state index in [9.17, 15) is 17.2 Å². The van der Waals surface area contributed by atoms with Crippen LogP contribution in [0.15, 0.2) is 17.0 Å². The first-order valence-electron chi connectivity index (χ1n) is 4.65. The number of nitrogens with one attached hydrogen (secondary N) is 1. The molecule has 1 unspecified atom stereocenters. The van der Waals surface area contributed by atoms with Gasteiger partial charge < -0.3 is 10.8 Å². The number of aliphatic hydroxyl groups excluding tert-OH is 1. The molecule has 96 valence electrons. The smallest absolute Gasteiger partial charge is 0.246 e. The zero-order chi connectivity index (χ0) is 13.2. The quantitative estimate of drug-likeness (QED) is 0.679. The topological polar surface area (TPSA) is 92.4 Å². The Bertz CT molecular complexity index is 496. The highest BCUT2D eigenvalue weighted by Crippen LogP contribution is 2.21. The third-order valence-electron chi connectivity index (χ3n) is 1.92. The van der Waals surface area contributed by atoms with Gasteiger partial charge in [0.2, 0.25) is 10.0 Å². The highest BCUT2D eigenvalue weighted by atomic mass is 32.2. The molecule has 0 heterocycles. The van der Waals surface area contributed by atoms with E-state index in [1.807, 2.05) is 4.72 Å². The average Bonchev–Trinajstić information content (AvgIpc) is 2.14. The Morgan fingerprint density at radius 3 is 2.29 bits per heavy atom. The van der Waals surface area contributed by atoms with Crippen LogP contribution in [0.1, 0.15) is 6.92 Å². The third kappa shape index (κ3) is 3.11. The molecule has 0 saturated carbocycles. The second-order valence-corrected chi connectivity index (χ2v) is 5.17. The van der Waals surface area contributed by atoms with Crippen LogP contribution in [0.3, 0.4) is 0 Å². The minimum atomic E-state index is -4.37. The molecule has 0 fully saturated rings. The molecule has 1 atom stereocenters. The average molecular weight is 266 g/mol. The lowest BCUT2D eigenvalue weighted by Crippen LogP contribution is -2.36. The zero-order valence-corrected chi connectivity index (χ0v) is 9.76. The number of anilines is 1. The van der Waals surface area contributed by atoms with Crippen LogP contribution in [-0.2, 0) is 10.0 Å². The van der Waals surface area contributed by atoms with E-state index in [0.29, 0.717) is 12.1 Å². The number of nitrogens with two attached hydrogens (primary N) is 1. The minimum absolute atomic E-state index is 0.214. The van der Waals surface area contributed by atoms with Gasteiger partial charge in [0.15, 0.2) is 4.90 Å². The molecule has 0 aliphatic heterocycles. The lowest BCUT2D eigenvalue weighted by molar-refractivity contribution is 0.265. The number of sulfonamides is 1. The molecule has 0 saturated heterocycles. The van der Waals surface area contributed by atoms with Crippen molar-refractivity contribution in [2.45, 2.75) is 17.9 Å². The number of benzene rings is 1. The Morgan fingerprint density at radius 2 is 1.88 bits per heavy atom. The monoisotopic (exact) mass is 266 g/mol. The van der Waals surface area contributed by atoms with Crippen molar-refractivity contribution in [3.05, 3.63) is 23.8 Å². The Hall–Kier alpha value is -1.25. The van der Waals surface area contributed by atoms with Gasteiger partial charge in [0.25, 0.3) is 0 Å². The standard InChI is InChI=1S/C9H12F2N2O3S/c1-5(4-14)13-17(15,16)9-7(10)2-6(12)3-8(9)11/h2-3,5,13-14H,4,12H2,1H3. The second-order valence-electron chi connectivity index (χ2n) is 3.52. The molecule has 0 aromatic heterocycles. The first-order chi connectivity index (χ1) is 7.77. The van der Waals surface area contributed by atoms with Crippen molar-refractivity contribution in [1.29, 1.82) is 0 Å². The summed E-state index contributed by atoms with van der Waals surface area (Å²) in [6.07, 6.45) is 0. The molecule has 17 heavy (non-hydrogen) atoms. The Kier molecular flexibility index (Phi) is 4.02. The summed E-state index contributed by atoms with van der Waals surface area (Å²) in [4.78, 5) is -1.10. The van der Waals surface area contributed by atoms with E-state index in [-0.39, 0.29) is 5.69 Å². The van der Waals surface area contributed by atoms with E-state index in [4.69, 9.17) is 10.8 Å². The zero-order valence-electron chi connectivity index (χ0n) is 8.94. The number of nitrogen functional groups attached to an aromatic ring is 1. The minimum Gasteiger partial charge on any atom is -0.399 e. The predicted octanol–water partition coefficient (Wildman–Crippen LogP) is 0.206. The van der Waals surface area contributed by atoms with E-state index in [2.05, 4.69) is 0 Å². The fraction of sp³-hybridized carbons (Fsp3) is 0.333. The van der Waals surface area contributed by atoms with Gasteiger partial charge in [-0.25, -0.2) is 21.9 Å². The van der Waals surface area contributed by atoms with E-state index in [0.717, 1.165) is 0 Å². The van der Waals surface area contributed by atoms with Crippen LogP contribution in [0.25, 0.3) is 0 Å². The van der Waals surface area contributed by atoms with Crippen molar-refractivity contribution in [3.8, 4) is 0 Å². The molecule has 1 rings (SSSR count). The summed E-state index contributed by atoms with van der Waals surface area (Å²) in [7, 11) is -4.37. The van der Waals surface area contributed by atoms with Crippen LogP contribution in [0.2, 0.25) is 0 Å². The van der Waals surface area contributed by atoms with Crippen molar-refractivity contribution in [2.24, 2.45) is 0 Å². The van der Waals surface area contributed by atoms with E-state index >= 15 is 0 Å². The number of hydrogen-bond donors (Lipinski definition) is 3. The van der Waals surface area contributed by atoms with Crippen LogP contribution in [0.4, 0.5) is 14.5 Å². The SMILES string of the molecule is CC(CO)NS(=O)(=O)c1c(F)cc(N)cc1F. The van der Waals surface area contributed by atoms with Gasteiger partial charge in [-0.05, 0) is 19.1 Å². The molecular weight excluding hydrogens is 254 g/mol. The lowest BCUT2D eigenvalue weighted by atomic mass is 10.3. The first-order valence-corrected chi connectivity index (χ1v) is 6.14. The Morgan fingerprint density at radius 1 is 1.41 bits per heavy atom. The molecule has 8 heteroatoms. The fourth-order valence-electron chi connectivity index (χ4n) is 1.20. The van der Waals surface area contributed by atoms with Gasteiger partial charge in [-0.3, -0.25) is 0 Å². The Balaban J connectivity index is 3.25. The molecule has 1 aromatic carbocycles. The highest BCUT2D eigenvalue weighted by Gasteiger charge is 2.25. The molecule has 0 aliphatic rings. The molecule has 5 nitrogen and oxygen atoms in total. The summed E-state index contributed by atoms with van der Waals surface area (Å²) in [5, 5.41) is 8.69. The predicted molar refractivity (Wildman–Crippen MR) is 57.6 cm³/mol. The van der Waals surface area contributed by atoms with Crippen molar-refractivity contribution >= 4 is 15.7 Å². The normalized spacial score (nSPS) is 13.6. The van der Waals surface area contributed by atoms with E-state index in [1.54, 1.807) is 0 Å². The maximum atomic E-state index is 13.4. The number of rotatable bonds is 4. The van der Waals surface area contributed by atoms with Crippen molar-refractivity contribution in [3.63, 3.8) is 0 Å². The highest BCUT2D eigenvalue weighted by molar-refractivity contribution is 7.89. The Labute approximate surface area is 97.3 Å². The van der Waals surface area contributed by atoms with Crippen molar-refractivity contribution in [1.82, 2.24) is 4.72 Å². The van der Waals surface area contributed by atoms with E-state index < -0.39 is 39.2 Å². The summed E-state index contributed by atoms with van der Waals surface area (Å²) in [6.45, 7) is 0.863. The van der Waals surface area contributed by atoms with Crippen LogP contribution < -0.4 is 10.5 Å². The van der Waals surface area contributed by atoms with Crippen LogP contribution >= 0.6 is 0 Å². The van der Waals surface area contributed by atoms with E-state index in [1.165, 1.54) is 6.92 Å². The fourth-order valence-corrected chi connectivity index (χ4v) is 2.55. The lowest BCUT2D eigenvalue weighted by Gasteiger charge is -2.12. The van der Waals surface area contributed by atoms with Gasteiger partial charge in [0, 0.05) is 11.7 Å². The molecular formula is C9H12F2N2O3S. The summed E-state index contributed by atoms with van der Waals surface area (Å²) in [5.74, 6) is -2.56. The summed E-state index contributed by atoms with van der Waals surface area (Å²) >= 11 is 0. The number of hydrogen-bond acceptors (Lipinski definition) is 4. The summed E-state index contributed by atoms with van der Waals surface area (Å²) < 4.78 is 51.9. The van der Waals surface area contributed by atoms with Crippen LogP contribution in [0, 0.1) is 11.6 Å². The molecule has 0 spiro atoms. The second kappa shape index (κ2) is 4.94. The molecule has 4 N–H and O–H groups in total. The van der Waals surface area contributed by atoms with Gasteiger partial charge >= 0.3 is 0 Å². The van der Waals surface area contributed by atoms with Gasteiger partial charge in [0.1, 0.15) is 11.6 Å². The third-order valence-corrected chi connectivity index (χ3v) is 3.56. The molecule has 1 aromatic rings. The van der Waals surface area contributed by atoms with Gasteiger partial charge in [-0.15, -0.1) is 0 Å². The van der Waals surface area contributed by atoms with Gasteiger partial charge in [0.05, 0.1) is 6.61 Å². The molecule has 0 aliphatic carbocycles. The maximum Gasteiger partial charge on any atom is 0.246 e. The summed E-state index contributed by atoms with van der Waals surface area (Å²) in [6, 6.07) is 0.569. The first kappa shape index (κ1) is 13.8. The molecule has 0 bridgehead atoms. The van der Waals surface area contributed by atoms with Crippen LogP contribution in [0.5, 0.6) is 0 Å². The molecule has 0 radical (unpaired) electrons. The van der Waals surface area contributed by atoms with Crippen molar-refractivity contribution in [2.75, 3.05) is 12.3 Å². The van der Waals surface area contributed by atoms with Gasteiger partial charge in [-0.1, -0.05) is 0 Å². The van der Waals surface area contributed by atoms with Crippen molar-refractivity contribution < 1.29 is 22.3 Å². The maximum absolute atomic E-state index is 13.4. The summed E-state index contributed by atoms with van der Waals surface area (Å²) in [5.41, 5.74) is 4.95. The number of aliphatic hydroxyl groups is 1. The van der Waals surface area contributed by atoms with Gasteiger partial charge in [-0.2, -0.15) is 0 Å². The van der Waals surface area contributed by atoms with Crippen LogP contribution in [-0.4, -0.2) is 26.2 Å². The number of halogens is 2. The molecule has 0 amide bonds.